The number of rotatable bonds is 3. The van der Waals surface area contributed by atoms with Crippen molar-refractivity contribution in [1.82, 2.24) is 4.90 Å². The first-order valence-corrected chi connectivity index (χ1v) is 6.50. The van der Waals surface area contributed by atoms with Crippen LogP contribution in [0.15, 0.2) is 24.3 Å². The minimum atomic E-state index is -4.26. The highest BCUT2D eigenvalue weighted by atomic mass is 35.5. The Kier molecular flexibility index (Phi) is 5.86. The maximum Gasteiger partial charge on any atom is 0.416 e. The lowest BCUT2D eigenvalue weighted by Gasteiger charge is -2.18. The molecule has 0 radical (unpaired) electrons. The number of benzene rings is 1. The van der Waals surface area contributed by atoms with E-state index in [9.17, 15) is 13.2 Å². The van der Waals surface area contributed by atoms with Crippen LogP contribution in [0.1, 0.15) is 24.5 Å². The van der Waals surface area contributed by atoms with Crippen LogP contribution in [-0.2, 0) is 12.7 Å². The Morgan fingerprint density at radius 2 is 1.90 bits per heavy atom. The van der Waals surface area contributed by atoms with Gasteiger partial charge in [0.15, 0.2) is 0 Å². The highest BCUT2D eigenvalue weighted by Crippen LogP contribution is 2.29. The lowest BCUT2D eigenvalue weighted by Crippen LogP contribution is -2.29. The molecule has 20 heavy (non-hydrogen) atoms. The Bertz CT molecular complexity index is 417. The van der Waals surface area contributed by atoms with Gasteiger partial charge in [-0.3, -0.25) is 4.90 Å². The van der Waals surface area contributed by atoms with E-state index >= 15 is 0 Å². The third-order valence-corrected chi connectivity index (χ3v) is 3.74. The molecule has 1 fully saturated rings. The third kappa shape index (κ3) is 4.36. The molecule has 1 aliphatic heterocycles. The number of hydrogen-bond acceptors (Lipinski definition) is 2. The first-order valence-electron chi connectivity index (χ1n) is 6.50. The monoisotopic (exact) mass is 308 g/mol. The molecule has 114 valence electrons. The van der Waals surface area contributed by atoms with Gasteiger partial charge in [-0.15, -0.1) is 12.4 Å². The number of hydrogen-bond donors (Lipinski definition) is 1. The molecule has 2 N–H and O–H groups in total. The number of alkyl halides is 3. The normalized spacial score (nSPS) is 21.6. The van der Waals surface area contributed by atoms with Gasteiger partial charge < -0.3 is 5.73 Å². The quantitative estimate of drug-likeness (QED) is 0.928. The Morgan fingerprint density at radius 1 is 1.30 bits per heavy atom. The molecular formula is C14H20ClF3N2. The van der Waals surface area contributed by atoms with Crippen LogP contribution < -0.4 is 5.73 Å². The zero-order valence-electron chi connectivity index (χ0n) is 11.4. The van der Waals surface area contributed by atoms with Crippen molar-refractivity contribution in [2.24, 2.45) is 11.7 Å². The molecule has 0 aromatic heterocycles. The zero-order valence-corrected chi connectivity index (χ0v) is 12.2. The lowest BCUT2D eigenvalue weighted by atomic mass is 10.0. The van der Waals surface area contributed by atoms with Crippen molar-refractivity contribution in [2.75, 3.05) is 13.1 Å². The van der Waals surface area contributed by atoms with Gasteiger partial charge >= 0.3 is 6.18 Å². The van der Waals surface area contributed by atoms with E-state index in [2.05, 4.69) is 4.90 Å². The van der Waals surface area contributed by atoms with Crippen molar-refractivity contribution in [1.29, 1.82) is 0 Å². The summed E-state index contributed by atoms with van der Waals surface area (Å²) in [7, 11) is 0. The summed E-state index contributed by atoms with van der Waals surface area (Å²) in [6, 6.07) is 5.59. The van der Waals surface area contributed by atoms with Crippen molar-refractivity contribution < 1.29 is 13.2 Å². The van der Waals surface area contributed by atoms with E-state index in [0.717, 1.165) is 37.2 Å². The number of halogens is 4. The summed E-state index contributed by atoms with van der Waals surface area (Å²) in [5.74, 6) is 0.495. The molecule has 0 saturated carbocycles. The van der Waals surface area contributed by atoms with E-state index in [4.69, 9.17) is 5.73 Å². The number of nitrogens with zero attached hydrogens (tertiary/aromatic N) is 1. The van der Waals surface area contributed by atoms with Crippen molar-refractivity contribution in [3.8, 4) is 0 Å². The van der Waals surface area contributed by atoms with E-state index in [1.165, 1.54) is 0 Å². The fourth-order valence-corrected chi connectivity index (χ4v) is 2.49. The highest BCUT2D eigenvalue weighted by molar-refractivity contribution is 5.85. The third-order valence-electron chi connectivity index (χ3n) is 3.74. The molecule has 0 aliphatic carbocycles. The molecule has 2 nitrogen and oxygen atoms in total. The maximum absolute atomic E-state index is 12.4. The van der Waals surface area contributed by atoms with Crippen LogP contribution in [0, 0.1) is 5.92 Å². The minimum absolute atomic E-state index is 0. The van der Waals surface area contributed by atoms with Crippen molar-refractivity contribution in [2.45, 2.75) is 32.1 Å². The molecule has 2 atom stereocenters. The fraction of sp³-hybridized carbons (Fsp3) is 0.571. The smallest absolute Gasteiger partial charge is 0.328 e. The van der Waals surface area contributed by atoms with Crippen LogP contribution in [0.3, 0.4) is 0 Å². The molecule has 0 spiro atoms. The summed E-state index contributed by atoms with van der Waals surface area (Å²) in [6.45, 7) is 4.60. The second-order valence-electron chi connectivity index (χ2n) is 5.34. The van der Waals surface area contributed by atoms with Crippen molar-refractivity contribution in [3.05, 3.63) is 35.4 Å². The summed E-state index contributed by atoms with van der Waals surface area (Å²) in [6.07, 6.45) is -3.19. The number of likely N-dealkylation sites (tertiary alicyclic amines) is 1. The van der Waals surface area contributed by atoms with Gasteiger partial charge in [0.25, 0.3) is 0 Å². The lowest BCUT2D eigenvalue weighted by molar-refractivity contribution is -0.137. The average Bonchev–Trinajstić information content (AvgIpc) is 2.77. The molecule has 0 bridgehead atoms. The summed E-state index contributed by atoms with van der Waals surface area (Å²) < 4.78 is 37.3. The molecule has 2 unspecified atom stereocenters. The standard InChI is InChI=1S/C14H19F3N2.ClH/c1-10(18)12-6-7-19(9-12)8-11-2-4-13(5-3-11)14(15,16)17;/h2-5,10,12H,6-9,18H2,1H3;1H. The second-order valence-corrected chi connectivity index (χ2v) is 5.34. The van der Waals surface area contributed by atoms with Crippen LogP contribution in [0.2, 0.25) is 0 Å². The fourth-order valence-electron chi connectivity index (χ4n) is 2.49. The Morgan fingerprint density at radius 3 is 2.35 bits per heavy atom. The first-order chi connectivity index (χ1) is 8.86. The van der Waals surface area contributed by atoms with Crippen LogP contribution >= 0.6 is 12.4 Å². The summed E-state index contributed by atoms with van der Waals surface area (Å²) in [4.78, 5) is 2.25. The summed E-state index contributed by atoms with van der Waals surface area (Å²) >= 11 is 0. The first kappa shape index (κ1) is 17.3. The van der Waals surface area contributed by atoms with Gasteiger partial charge in [-0.25, -0.2) is 0 Å². The Hall–Kier alpha value is -0.780. The molecule has 0 amide bonds. The van der Waals surface area contributed by atoms with Crippen LogP contribution in [0.5, 0.6) is 0 Å². The van der Waals surface area contributed by atoms with Crippen LogP contribution in [0.25, 0.3) is 0 Å². The molecule has 2 rings (SSSR count). The second kappa shape index (κ2) is 6.78. The zero-order chi connectivity index (χ0) is 14.0. The summed E-state index contributed by atoms with van der Waals surface area (Å²) in [5, 5.41) is 0. The van der Waals surface area contributed by atoms with Gasteiger partial charge in [-0.05, 0) is 43.5 Å². The van der Waals surface area contributed by atoms with Crippen molar-refractivity contribution in [3.63, 3.8) is 0 Å². The molecule has 1 heterocycles. The van der Waals surface area contributed by atoms with E-state index in [1.54, 1.807) is 12.1 Å². The van der Waals surface area contributed by atoms with Gasteiger partial charge in [0.05, 0.1) is 5.56 Å². The van der Waals surface area contributed by atoms with E-state index in [0.29, 0.717) is 12.5 Å². The molecule has 1 saturated heterocycles. The van der Waals surface area contributed by atoms with Gasteiger partial charge in [-0.1, -0.05) is 12.1 Å². The number of nitrogens with two attached hydrogens (primary N) is 1. The topological polar surface area (TPSA) is 29.3 Å². The van der Waals surface area contributed by atoms with Gasteiger partial charge in [0.2, 0.25) is 0 Å². The molecule has 1 aromatic carbocycles. The van der Waals surface area contributed by atoms with Crippen molar-refractivity contribution >= 4 is 12.4 Å². The van der Waals surface area contributed by atoms with E-state index in [1.807, 2.05) is 6.92 Å². The largest absolute Gasteiger partial charge is 0.416 e. The van der Waals surface area contributed by atoms with E-state index < -0.39 is 11.7 Å². The highest BCUT2D eigenvalue weighted by Gasteiger charge is 2.30. The minimum Gasteiger partial charge on any atom is -0.328 e. The Balaban J connectivity index is 0.00000200. The van der Waals surface area contributed by atoms with Crippen LogP contribution in [0.4, 0.5) is 13.2 Å². The van der Waals surface area contributed by atoms with Gasteiger partial charge in [0.1, 0.15) is 0 Å². The predicted molar refractivity (Wildman–Crippen MR) is 75.7 cm³/mol. The Labute approximate surface area is 123 Å². The summed E-state index contributed by atoms with van der Waals surface area (Å²) in [5.41, 5.74) is 6.19. The van der Waals surface area contributed by atoms with Gasteiger partial charge in [-0.2, -0.15) is 13.2 Å². The average molecular weight is 309 g/mol. The molecular weight excluding hydrogens is 289 g/mol. The molecule has 6 heteroatoms. The van der Waals surface area contributed by atoms with Crippen LogP contribution in [-0.4, -0.2) is 24.0 Å². The van der Waals surface area contributed by atoms with Gasteiger partial charge in [0, 0.05) is 19.1 Å². The predicted octanol–water partition coefficient (Wildman–Crippen LogP) is 3.30. The maximum atomic E-state index is 12.4. The SMILES string of the molecule is CC(N)C1CCN(Cc2ccc(C(F)(F)F)cc2)C1.Cl. The van der Waals surface area contributed by atoms with E-state index in [-0.39, 0.29) is 18.4 Å². The molecule has 1 aromatic rings. The molecule has 1 aliphatic rings.